The van der Waals surface area contributed by atoms with Crippen LogP contribution in [0, 0.1) is 0 Å². The number of hydrogen-bond donors (Lipinski definition) is 0. The highest BCUT2D eigenvalue weighted by atomic mass is 16.6. The second-order valence-corrected chi connectivity index (χ2v) is 21.7. The van der Waals surface area contributed by atoms with Gasteiger partial charge in [-0.3, -0.25) is 14.4 Å². The van der Waals surface area contributed by atoms with E-state index < -0.39 is 6.10 Å². The molecule has 0 fully saturated rings. The summed E-state index contributed by atoms with van der Waals surface area (Å²) in [6.07, 6.45) is 79.3. The van der Waals surface area contributed by atoms with Crippen LogP contribution in [0.5, 0.6) is 0 Å². The van der Waals surface area contributed by atoms with Gasteiger partial charge in [0, 0.05) is 19.3 Å². The van der Waals surface area contributed by atoms with Crippen LogP contribution in [-0.2, 0) is 28.6 Å². The molecule has 0 aliphatic heterocycles. The number of carbonyl (C=O) groups excluding carboxylic acids is 3. The molecule has 0 amide bonds. The minimum Gasteiger partial charge on any atom is -0.462 e. The third-order valence-corrected chi connectivity index (χ3v) is 14.2. The number of esters is 3. The normalized spacial score (nSPS) is 12.4. The fraction of sp³-hybridized carbons (Fsp3) is 0.809. The van der Waals surface area contributed by atoms with E-state index in [1.165, 1.54) is 212 Å². The fourth-order valence-corrected chi connectivity index (χ4v) is 9.32. The number of allylic oxidation sites excluding steroid dienone is 10. The van der Waals surface area contributed by atoms with Gasteiger partial charge in [0.05, 0.1) is 0 Å². The van der Waals surface area contributed by atoms with Gasteiger partial charge < -0.3 is 14.2 Å². The summed E-state index contributed by atoms with van der Waals surface area (Å²) in [7, 11) is 0. The molecule has 0 aromatic rings. The van der Waals surface area contributed by atoms with E-state index in [0.29, 0.717) is 19.3 Å². The molecule has 0 N–H and O–H groups in total. The summed E-state index contributed by atoms with van der Waals surface area (Å²) in [4.78, 5) is 38.3. The number of ether oxygens (including phenoxy) is 3. The molecule has 0 saturated heterocycles. The van der Waals surface area contributed by atoms with Crippen LogP contribution < -0.4 is 0 Å². The van der Waals surface area contributed by atoms with Gasteiger partial charge in [0.1, 0.15) is 13.2 Å². The summed E-state index contributed by atoms with van der Waals surface area (Å²) >= 11 is 0. The molecular formula is C68H122O6. The van der Waals surface area contributed by atoms with Crippen LogP contribution in [0.2, 0.25) is 0 Å². The number of hydrogen-bond acceptors (Lipinski definition) is 6. The Balaban J connectivity index is 4.37. The molecule has 0 spiro atoms. The lowest BCUT2D eigenvalue weighted by molar-refractivity contribution is -0.167. The number of rotatable bonds is 59. The van der Waals surface area contributed by atoms with Crippen LogP contribution in [0.1, 0.15) is 335 Å². The van der Waals surface area contributed by atoms with Crippen molar-refractivity contribution in [1.29, 1.82) is 0 Å². The zero-order valence-corrected chi connectivity index (χ0v) is 49.4. The van der Waals surface area contributed by atoms with E-state index in [1.807, 2.05) is 0 Å². The van der Waals surface area contributed by atoms with Crippen LogP contribution in [0.25, 0.3) is 0 Å². The first-order valence-electron chi connectivity index (χ1n) is 32.3. The highest BCUT2D eigenvalue weighted by Crippen LogP contribution is 2.16. The molecule has 6 nitrogen and oxygen atoms in total. The van der Waals surface area contributed by atoms with Crippen molar-refractivity contribution >= 4 is 17.9 Å². The average Bonchev–Trinajstić information content (AvgIpc) is 3.40. The van der Waals surface area contributed by atoms with E-state index in [2.05, 4.69) is 81.5 Å². The highest BCUT2D eigenvalue weighted by molar-refractivity contribution is 5.71. The maximum atomic E-state index is 12.9. The molecule has 0 heterocycles. The Labute approximate surface area is 460 Å². The Kier molecular flexibility index (Phi) is 60.2. The molecule has 0 aromatic carbocycles. The zero-order chi connectivity index (χ0) is 53.6. The van der Waals surface area contributed by atoms with Crippen molar-refractivity contribution in [2.24, 2.45) is 0 Å². The Morgan fingerprint density at radius 1 is 0.270 bits per heavy atom. The second-order valence-electron chi connectivity index (χ2n) is 21.7. The van der Waals surface area contributed by atoms with Crippen molar-refractivity contribution in [1.82, 2.24) is 0 Å². The molecule has 74 heavy (non-hydrogen) atoms. The molecule has 0 saturated carbocycles. The van der Waals surface area contributed by atoms with Gasteiger partial charge in [0.2, 0.25) is 0 Å². The summed E-state index contributed by atoms with van der Waals surface area (Å²) < 4.78 is 16.9. The van der Waals surface area contributed by atoms with E-state index in [0.717, 1.165) is 83.5 Å². The van der Waals surface area contributed by atoms with Gasteiger partial charge in [0.25, 0.3) is 0 Å². The third-order valence-electron chi connectivity index (χ3n) is 14.2. The van der Waals surface area contributed by atoms with Gasteiger partial charge in [0.15, 0.2) is 6.10 Å². The Morgan fingerprint density at radius 3 is 0.770 bits per heavy atom. The van der Waals surface area contributed by atoms with Crippen molar-refractivity contribution < 1.29 is 28.6 Å². The lowest BCUT2D eigenvalue weighted by Gasteiger charge is -2.18. The van der Waals surface area contributed by atoms with Gasteiger partial charge in [-0.25, -0.2) is 0 Å². The monoisotopic (exact) mass is 1030 g/mol. The number of carbonyl (C=O) groups is 3. The summed E-state index contributed by atoms with van der Waals surface area (Å²) in [6.45, 7) is 6.64. The second kappa shape index (κ2) is 62.6. The predicted octanol–water partition coefficient (Wildman–Crippen LogP) is 21.9. The van der Waals surface area contributed by atoms with Crippen molar-refractivity contribution in [3.63, 3.8) is 0 Å². The van der Waals surface area contributed by atoms with Crippen LogP contribution in [-0.4, -0.2) is 37.2 Å². The van der Waals surface area contributed by atoms with Crippen molar-refractivity contribution in [2.75, 3.05) is 13.2 Å². The van der Waals surface area contributed by atoms with Crippen LogP contribution in [0.3, 0.4) is 0 Å². The first kappa shape index (κ1) is 71.1. The van der Waals surface area contributed by atoms with E-state index in [4.69, 9.17) is 14.2 Å². The summed E-state index contributed by atoms with van der Waals surface area (Å²) in [6, 6.07) is 0. The van der Waals surface area contributed by atoms with Gasteiger partial charge in [-0.15, -0.1) is 0 Å². The Bertz CT molecular complexity index is 1330. The van der Waals surface area contributed by atoms with E-state index in [9.17, 15) is 14.4 Å². The standard InChI is InChI=1S/C68H122O6/c1-4-7-10-13-16-19-22-25-28-31-33-34-36-37-40-43-46-49-52-55-58-61-67(70)73-64-65(63-72-66(69)60-57-54-51-48-45-42-39-30-27-24-21-18-15-12-9-6-3)74-68(71)62-59-56-53-50-47-44-41-38-35-32-29-26-23-20-17-14-11-8-5-2/h21-22,24-26,29-31,33,39,65H,4-20,23,27-28,32,34-38,40-64H2,1-3H3/b24-21-,25-22-,29-26-,33-31-,39-30-. The average molecular weight is 1040 g/mol. The minimum absolute atomic E-state index is 0.0801. The maximum absolute atomic E-state index is 12.9. The molecule has 0 aliphatic rings. The fourth-order valence-electron chi connectivity index (χ4n) is 9.32. The quantitative estimate of drug-likeness (QED) is 0.0261. The molecule has 6 heteroatoms. The lowest BCUT2D eigenvalue weighted by Crippen LogP contribution is -2.30. The number of unbranched alkanes of at least 4 members (excludes halogenated alkanes) is 38. The molecule has 0 radical (unpaired) electrons. The summed E-state index contributed by atoms with van der Waals surface area (Å²) in [5, 5.41) is 0. The van der Waals surface area contributed by atoms with E-state index in [-0.39, 0.29) is 31.1 Å². The minimum atomic E-state index is -0.784. The zero-order valence-electron chi connectivity index (χ0n) is 49.4. The molecule has 1 atom stereocenters. The highest BCUT2D eigenvalue weighted by Gasteiger charge is 2.19. The van der Waals surface area contributed by atoms with Crippen molar-refractivity contribution in [3.05, 3.63) is 60.8 Å². The predicted molar refractivity (Wildman–Crippen MR) is 321 cm³/mol. The first-order valence-corrected chi connectivity index (χ1v) is 32.3. The van der Waals surface area contributed by atoms with Gasteiger partial charge in [-0.05, 0) is 109 Å². The first-order chi connectivity index (χ1) is 36.5. The third kappa shape index (κ3) is 60.0. The van der Waals surface area contributed by atoms with Crippen LogP contribution in [0.4, 0.5) is 0 Å². The topological polar surface area (TPSA) is 78.9 Å². The molecule has 0 aliphatic carbocycles. The molecule has 430 valence electrons. The summed E-state index contributed by atoms with van der Waals surface area (Å²) in [5.74, 6) is -0.883. The lowest BCUT2D eigenvalue weighted by atomic mass is 10.1. The SMILES string of the molecule is CCCCCC/C=C\C/C=C\CCCCCCCC(=O)OCC(COC(=O)CCCCCCCCCCC/C=C\C/C=C\CCCCCCC)OC(=O)CCCCCCCCCCC/C=C\CCCCCCCC. The molecule has 0 bridgehead atoms. The molecule has 1 unspecified atom stereocenters. The van der Waals surface area contributed by atoms with Gasteiger partial charge in [-0.1, -0.05) is 268 Å². The van der Waals surface area contributed by atoms with Gasteiger partial charge in [-0.2, -0.15) is 0 Å². The van der Waals surface area contributed by atoms with Crippen LogP contribution >= 0.6 is 0 Å². The van der Waals surface area contributed by atoms with Gasteiger partial charge >= 0.3 is 17.9 Å². The maximum Gasteiger partial charge on any atom is 0.306 e. The smallest absolute Gasteiger partial charge is 0.306 e. The Hall–Kier alpha value is -2.89. The van der Waals surface area contributed by atoms with Crippen molar-refractivity contribution in [3.8, 4) is 0 Å². The van der Waals surface area contributed by atoms with Crippen LogP contribution in [0.15, 0.2) is 60.8 Å². The van der Waals surface area contributed by atoms with E-state index >= 15 is 0 Å². The van der Waals surface area contributed by atoms with Crippen molar-refractivity contribution in [2.45, 2.75) is 341 Å². The molecule has 0 aromatic heterocycles. The Morgan fingerprint density at radius 2 is 0.486 bits per heavy atom. The van der Waals surface area contributed by atoms with E-state index in [1.54, 1.807) is 0 Å². The molecular weight excluding hydrogens is 913 g/mol. The molecule has 0 rings (SSSR count). The summed E-state index contributed by atoms with van der Waals surface area (Å²) in [5.41, 5.74) is 0. The largest absolute Gasteiger partial charge is 0.462 e.